The quantitative estimate of drug-likeness (QED) is 0.407. The van der Waals surface area contributed by atoms with Crippen molar-refractivity contribution in [1.29, 1.82) is 0 Å². The number of rotatable bonds is 14. The standard InChI is InChI=1S/C17H27NO6/c1-20-8-9-23-12-13-24-11-10-22-7-6-18-16-5-3-4-15(14-16)17(19)21-2/h3-5,14,18H,6-13H2,1-2H3. The maximum Gasteiger partial charge on any atom is 0.337 e. The molecule has 0 aromatic heterocycles. The normalized spacial score (nSPS) is 10.6. The van der Waals surface area contributed by atoms with Crippen LogP contribution < -0.4 is 5.32 Å². The van der Waals surface area contributed by atoms with Crippen LogP contribution >= 0.6 is 0 Å². The van der Waals surface area contributed by atoms with Crippen molar-refractivity contribution in [2.75, 3.05) is 72.3 Å². The first-order valence-electron chi connectivity index (χ1n) is 7.92. The highest BCUT2D eigenvalue weighted by Crippen LogP contribution is 2.11. The third-order valence-electron chi connectivity index (χ3n) is 3.04. The van der Waals surface area contributed by atoms with E-state index in [9.17, 15) is 4.79 Å². The first kappa shape index (κ1) is 20.4. The van der Waals surface area contributed by atoms with Gasteiger partial charge >= 0.3 is 5.97 Å². The van der Waals surface area contributed by atoms with Crippen LogP contribution in [0.5, 0.6) is 0 Å². The summed E-state index contributed by atoms with van der Waals surface area (Å²) in [4.78, 5) is 11.4. The van der Waals surface area contributed by atoms with Crippen LogP contribution in [-0.4, -0.2) is 73.0 Å². The lowest BCUT2D eigenvalue weighted by Gasteiger charge is -2.09. The summed E-state index contributed by atoms with van der Waals surface area (Å²) in [7, 11) is 3.01. The molecule has 7 nitrogen and oxygen atoms in total. The summed E-state index contributed by atoms with van der Waals surface area (Å²) in [5.41, 5.74) is 1.37. The van der Waals surface area contributed by atoms with Crippen molar-refractivity contribution >= 4 is 11.7 Å². The van der Waals surface area contributed by atoms with Crippen molar-refractivity contribution in [2.24, 2.45) is 0 Å². The van der Waals surface area contributed by atoms with Gasteiger partial charge in [0.2, 0.25) is 0 Å². The maximum absolute atomic E-state index is 11.4. The van der Waals surface area contributed by atoms with E-state index in [-0.39, 0.29) is 5.97 Å². The van der Waals surface area contributed by atoms with Crippen LogP contribution in [0.4, 0.5) is 5.69 Å². The minimum atomic E-state index is -0.349. The Morgan fingerprint density at radius 1 is 0.917 bits per heavy atom. The summed E-state index contributed by atoms with van der Waals surface area (Å²) >= 11 is 0. The van der Waals surface area contributed by atoms with Gasteiger partial charge in [-0.25, -0.2) is 4.79 Å². The molecule has 0 spiro atoms. The number of hydrogen-bond acceptors (Lipinski definition) is 7. The van der Waals surface area contributed by atoms with Gasteiger partial charge < -0.3 is 29.0 Å². The molecule has 0 saturated heterocycles. The minimum absolute atomic E-state index is 0.349. The van der Waals surface area contributed by atoms with Crippen molar-refractivity contribution in [1.82, 2.24) is 0 Å². The van der Waals surface area contributed by atoms with Crippen molar-refractivity contribution in [3.63, 3.8) is 0 Å². The molecule has 1 aromatic carbocycles. The van der Waals surface area contributed by atoms with Gasteiger partial charge in [0.15, 0.2) is 0 Å². The van der Waals surface area contributed by atoms with E-state index in [0.29, 0.717) is 58.4 Å². The molecule has 0 aliphatic rings. The average Bonchev–Trinajstić information content (AvgIpc) is 2.62. The van der Waals surface area contributed by atoms with Crippen LogP contribution in [-0.2, 0) is 23.7 Å². The number of carbonyl (C=O) groups excluding carboxylic acids is 1. The monoisotopic (exact) mass is 341 g/mol. The highest BCUT2D eigenvalue weighted by Gasteiger charge is 2.04. The van der Waals surface area contributed by atoms with Gasteiger partial charge in [0.25, 0.3) is 0 Å². The first-order chi connectivity index (χ1) is 11.8. The molecule has 0 fully saturated rings. The first-order valence-corrected chi connectivity index (χ1v) is 7.92. The molecule has 136 valence electrons. The van der Waals surface area contributed by atoms with Gasteiger partial charge in [-0.05, 0) is 18.2 Å². The topological polar surface area (TPSA) is 75.3 Å². The molecule has 0 bridgehead atoms. The lowest BCUT2D eigenvalue weighted by Crippen LogP contribution is -2.14. The van der Waals surface area contributed by atoms with Crippen LogP contribution in [0, 0.1) is 0 Å². The second-order valence-electron chi connectivity index (χ2n) is 4.83. The van der Waals surface area contributed by atoms with Crippen LogP contribution in [0.1, 0.15) is 10.4 Å². The van der Waals surface area contributed by atoms with Gasteiger partial charge in [-0.2, -0.15) is 0 Å². The number of nitrogens with one attached hydrogen (secondary N) is 1. The molecule has 0 radical (unpaired) electrons. The molecule has 0 aliphatic heterocycles. The van der Waals surface area contributed by atoms with E-state index >= 15 is 0 Å². The Labute approximate surface area is 143 Å². The molecule has 1 N–H and O–H groups in total. The molecular formula is C17H27NO6. The fraction of sp³-hybridized carbons (Fsp3) is 0.588. The van der Waals surface area contributed by atoms with E-state index in [1.807, 2.05) is 6.07 Å². The Hall–Kier alpha value is -1.67. The van der Waals surface area contributed by atoms with E-state index in [4.69, 9.17) is 18.9 Å². The van der Waals surface area contributed by atoms with Crippen LogP contribution in [0.25, 0.3) is 0 Å². The summed E-state index contributed by atoms with van der Waals surface area (Å²) in [5, 5.41) is 3.19. The molecule has 7 heteroatoms. The second-order valence-corrected chi connectivity index (χ2v) is 4.83. The van der Waals surface area contributed by atoms with E-state index in [1.54, 1.807) is 25.3 Å². The summed E-state index contributed by atoms with van der Waals surface area (Å²) < 4.78 is 25.7. The van der Waals surface area contributed by atoms with Gasteiger partial charge in [0.05, 0.1) is 58.9 Å². The number of anilines is 1. The molecular weight excluding hydrogens is 314 g/mol. The lowest BCUT2D eigenvalue weighted by atomic mass is 10.2. The number of hydrogen-bond donors (Lipinski definition) is 1. The third kappa shape index (κ3) is 9.46. The zero-order chi connectivity index (χ0) is 17.5. The molecule has 24 heavy (non-hydrogen) atoms. The van der Waals surface area contributed by atoms with Crippen molar-refractivity contribution in [3.8, 4) is 0 Å². The predicted octanol–water partition coefficient (Wildman–Crippen LogP) is 1.58. The summed E-state index contributed by atoms with van der Waals surface area (Å²) in [6.07, 6.45) is 0. The van der Waals surface area contributed by atoms with E-state index in [1.165, 1.54) is 7.11 Å². The van der Waals surface area contributed by atoms with Crippen LogP contribution in [0.3, 0.4) is 0 Å². The number of ether oxygens (including phenoxy) is 5. The Balaban J connectivity index is 1.98. The molecule has 0 atom stereocenters. The van der Waals surface area contributed by atoms with Gasteiger partial charge in [0.1, 0.15) is 0 Å². The number of esters is 1. The molecule has 1 rings (SSSR count). The molecule has 0 amide bonds. The zero-order valence-corrected chi connectivity index (χ0v) is 14.4. The molecule has 1 aromatic rings. The fourth-order valence-electron chi connectivity index (χ4n) is 1.83. The summed E-state index contributed by atoms with van der Waals surface area (Å²) in [6, 6.07) is 7.15. The second kappa shape index (κ2) is 13.7. The van der Waals surface area contributed by atoms with E-state index in [0.717, 1.165) is 5.69 Å². The number of carbonyl (C=O) groups is 1. The molecule has 0 heterocycles. The fourth-order valence-corrected chi connectivity index (χ4v) is 1.83. The third-order valence-corrected chi connectivity index (χ3v) is 3.04. The van der Waals surface area contributed by atoms with Crippen LogP contribution in [0.2, 0.25) is 0 Å². The lowest BCUT2D eigenvalue weighted by molar-refractivity contribution is 0.00495. The largest absolute Gasteiger partial charge is 0.465 e. The Morgan fingerprint density at radius 2 is 1.54 bits per heavy atom. The smallest absolute Gasteiger partial charge is 0.337 e. The highest BCUT2D eigenvalue weighted by molar-refractivity contribution is 5.90. The van der Waals surface area contributed by atoms with Gasteiger partial charge in [-0.3, -0.25) is 0 Å². The Morgan fingerprint density at radius 3 is 2.17 bits per heavy atom. The Bertz CT molecular complexity index is 454. The molecule has 0 saturated carbocycles. The average molecular weight is 341 g/mol. The highest BCUT2D eigenvalue weighted by atomic mass is 16.6. The summed E-state index contributed by atoms with van der Waals surface area (Å²) in [5.74, 6) is -0.349. The van der Waals surface area contributed by atoms with Crippen molar-refractivity contribution in [3.05, 3.63) is 29.8 Å². The van der Waals surface area contributed by atoms with E-state index in [2.05, 4.69) is 10.1 Å². The van der Waals surface area contributed by atoms with E-state index < -0.39 is 0 Å². The Kier molecular flexibility index (Phi) is 11.7. The van der Waals surface area contributed by atoms with Crippen molar-refractivity contribution < 1.29 is 28.5 Å². The van der Waals surface area contributed by atoms with Gasteiger partial charge in [-0.1, -0.05) is 6.07 Å². The maximum atomic E-state index is 11.4. The van der Waals surface area contributed by atoms with Gasteiger partial charge in [0, 0.05) is 19.3 Å². The number of methoxy groups -OCH3 is 2. The number of benzene rings is 1. The minimum Gasteiger partial charge on any atom is -0.465 e. The predicted molar refractivity (Wildman–Crippen MR) is 90.6 cm³/mol. The van der Waals surface area contributed by atoms with Gasteiger partial charge in [-0.15, -0.1) is 0 Å². The zero-order valence-electron chi connectivity index (χ0n) is 14.4. The van der Waals surface area contributed by atoms with Crippen molar-refractivity contribution in [2.45, 2.75) is 0 Å². The molecule has 0 unspecified atom stereocenters. The SMILES string of the molecule is COCCOCCOCCOCCNc1cccc(C(=O)OC)c1. The van der Waals surface area contributed by atoms with Crippen LogP contribution in [0.15, 0.2) is 24.3 Å². The summed E-state index contributed by atoms with van der Waals surface area (Å²) in [6.45, 7) is 4.54. The molecule has 0 aliphatic carbocycles.